The van der Waals surface area contributed by atoms with Gasteiger partial charge >= 0.3 is 0 Å². The Morgan fingerprint density at radius 1 is 1.25 bits per heavy atom. The number of benzene rings is 1. The van der Waals surface area contributed by atoms with E-state index in [1.807, 2.05) is 0 Å². The Labute approximate surface area is 103 Å². The summed E-state index contributed by atoms with van der Waals surface area (Å²) in [5, 5.41) is 3.41. The molecule has 1 nitrogen and oxygen atoms in total. The molecule has 2 rings (SSSR count). The van der Waals surface area contributed by atoms with Crippen LogP contribution in [-0.4, -0.2) is 10.5 Å². The molecular formula is C14H19NS. The lowest BCUT2D eigenvalue weighted by atomic mass is 10.1. The van der Waals surface area contributed by atoms with E-state index in [9.17, 15) is 0 Å². The second kappa shape index (κ2) is 4.17. The molecule has 0 bridgehead atoms. The second-order valence-electron chi connectivity index (χ2n) is 5.60. The van der Waals surface area contributed by atoms with Gasteiger partial charge in [0.2, 0.25) is 0 Å². The molecule has 1 aliphatic rings. The zero-order valence-electron chi connectivity index (χ0n) is 10.2. The first-order valence-corrected chi connectivity index (χ1v) is 6.25. The molecule has 0 spiro atoms. The van der Waals surface area contributed by atoms with Crippen molar-refractivity contribution in [3.63, 3.8) is 0 Å². The van der Waals surface area contributed by atoms with Crippen LogP contribution in [0.3, 0.4) is 0 Å². The molecule has 0 saturated heterocycles. The van der Waals surface area contributed by atoms with E-state index in [1.54, 1.807) is 0 Å². The van der Waals surface area contributed by atoms with E-state index in [1.165, 1.54) is 12.0 Å². The van der Waals surface area contributed by atoms with E-state index >= 15 is 0 Å². The van der Waals surface area contributed by atoms with Crippen LogP contribution in [-0.2, 0) is 0 Å². The van der Waals surface area contributed by atoms with Crippen LogP contribution in [0.15, 0.2) is 30.3 Å². The van der Waals surface area contributed by atoms with Crippen molar-refractivity contribution in [1.82, 2.24) is 5.32 Å². The van der Waals surface area contributed by atoms with Crippen LogP contribution in [0, 0.1) is 5.92 Å². The molecule has 1 N–H and O–H groups in total. The Morgan fingerprint density at radius 3 is 2.44 bits per heavy atom. The van der Waals surface area contributed by atoms with E-state index in [0.29, 0.717) is 11.8 Å². The molecule has 1 aromatic carbocycles. The largest absolute Gasteiger partial charge is 0.375 e. The van der Waals surface area contributed by atoms with Crippen molar-refractivity contribution >= 4 is 17.2 Å². The summed E-state index contributed by atoms with van der Waals surface area (Å²) >= 11 is 5.45. The normalized spacial score (nSPS) is 23.9. The molecule has 2 atom stereocenters. The van der Waals surface area contributed by atoms with Gasteiger partial charge in [-0.1, -0.05) is 42.5 Å². The first-order chi connectivity index (χ1) is 7.47. The zero-order chi connectivity index (χ0) is 11.8. The van der Waals surface area contributed by atoms with Crippen LogP contribution in [0.2, 0.25) is 0 Å². The Hall–Kier alpha value is -0.890. The van der Waals surface area contributed by atoms with Crippen LogP contribution in [0.4, 0.5) is 0 Å². The monoisotopic (exact) mass is 233 g/mol. The standard InChI is InChI=1S/C14H19NS/c1-14(2,3)15-13(16)12-9-11(12)10-7-5-4-6-8-10/h4-8,11-12H,9H2,1-3H3,(H,15,16). The molecule has 2 heteroatoms. The van der Waals surface area contributed by atoms with Gasteiger partial charge in [0, 0.05) is 11.5 Å². The van der Waals surface area contributed by atoms with Gasteiger partial charge in [-0.15, -0.1) is 0 Å². The summed E-state index contributed by atoms with van der Waals surface area (Å²) in [6.45, 7) is 6.46. The van der Waals surface area contributed by atoms with Gasteiger partial charge in [-0.05, 0) is 38.7 Å². The lowest BCUT2D eigenvalue weighted by Crippen LogP contribution is -2.40. The maximum atomic E-state index is 5.45. The van der Waals surface area contributed by atoms with Crippen molar-refractivity contribution < 1.29 is 0 Å². The van der Waals surface area contributed by atoms with Crippen molar-refractivity contribution in [3.8, 4) is 0 Å². The summed E-state index contributed by atoms with van der Waals surface area (Å²) in [6, 6.07) is 10.7. The molecule has 0 aromatic heterocycles. The highest BCUT2D eigenvalue weighted by Gasteiger charge is 2.41. The molecule has 0 radical (unpaired) electrons. The Morgan fingerprint density at radius 2 is 1.88 bits per heavy atom. The topological polar surface area (TPSA) is 12.0 Å². The van der Waals surface area contributed by atoms with Crippen LogP contribution in [0.5, 0.6) is 0 Å². The molecule has 0 amide bonds. The molecule has 1 aliphatic carbocycles. The van der Waals surface area contributed by atoms with Crippen molar-refractivity contribution in [2.45, 2.75) is 38.6 Å². The van der Waals surface area contributed by atoms with E-state index in [0.717, 1.165) is 4.99 Å². The number of nitrogens with one attached hydrogen (secondary N) is 1. The number of rotatable bonds is 2. The molecule has 0 aliphatic heterocycles. The van der Waals surface area contributed by atoms with Gasteiger partial charge in [0.15, 0.2) is 0 Å². The SMILES string of the molecule is CC(C)(C)NC(=S)C1CC1c1ccccc1. The highest BCUT2D eigenvalue weighted by Crippen LogP contribution is 2.48. The molecule has 2 unspecified atom stereocenters. The smallest absolute Gasteiger partial charge is 0.0795 e. The lowest BCUT2D eigenvalue weighted by molar-refractivity contribution is 0.509. The number of hydrogen-bond acceptors (Lipinski definition) is 1. The molecule has 1 saturated carbocycles. The van der Waals surface area contributed by atoms with E-state index in [2.05, 4.69) is 56.4 Å². The third kappa shape index (κ3) is 2.82. The summed E-state index contributed by atoms with van der Waals surface area (Å²) < 4.78 is 0. The van der Waals surface area contributed by atoms with Gasteiger partial charge in [-0.25, -0.2) is 0 Å². The van der Waals surface area contributed by atoms with E-state index in [4.69, 9.17) is 12.2 Å². The summed E-state index contributed by atoms with van der Waals surface area (Å²) in [5.74, 6) is 1.19. The van der Waals surface area contributed by atoms with Crippen molar-refractivity contribution in [2.75, 3.05) is 0 Å². The van der Waals surface area contributed by atoms with E-state index < -0.39 is 0 Å². The average Bonchev–Trinajstić information content (AvgIpc) is 2.96. The van der Waals surface area contributed by atoms with E-state index in [-0.39, 0.29) is 5.54 Å². The fourth-order valence-corrected chi connectivity index (χ4v) is 2.58. The lowest BCUT2D eigenvalue weighted by Gasteiger charge is -2.22. The van der Waals surface area contributed by atoms with Crippen LogP contribution < -0.4 is 5.32 Å². The number of thiocarbonyl (C=S) groups is 1. The number of hydrogen-bond donors (Lipinski definition) is 1. The average molecular weight is 233 g/mol. The minimum Gasteiger partial charge on any atom is -0.375 e. The molecule has 1 fully saturated rings. The second-order valence-corrected chi connectivity index (χ2v) is 6.04. The summed E-state index contributed by atoms with van der Waals surface area (Å²) in [7, 11) is 0. The summed E-state index contributed by atoms with van der Waals surface area (Å²) in [5.41, 5.74) is 1.51. The molecule has 1 aromatic rings. The first kappa shape index (κ1) is 11.6. The Kier molecular flexibility index (Phi) is 3.02. The third-order valence-electron chi connectivity index (χ3n) is 2.85. The summed E-state index contributed by atoms with van der Waals surface area (Å²) in [4.78, 5) is 1.03. The van der Waals surface area contributed by atoms with Gasteiger partial charge < -0.3 is 5.32 Å². The van der Waals surface area contributed by atoms with Crippen molar-refractivity contribution in [1.29, 1.82) is 0 Å². The maximum Gasteiger partial charge on any atom is 0.0795 e. The minimum atomic E-state index is 0.0842. The first-order valence-electron chi connectivity index (χ1n) is 5.84. The Bertz CT molecular complexity index is 377. The fourth-order valence-electron chi connectivity index (χ4n) is 2.02. The van der Waals surface area contributed by atoms with Gasteiger partial charge in [0.1, 0.15) is 0 Å². The quantitative estimate of drug-likeness (QED) is 0.785. The highest BCUT2D eigenvalue weighted by atomic mass is 32.1. The maximum absolute atomic E-state index is 5.45. The minimum absolute atomic E-state index is 0.0842. The highest BCUT2D eigenvalue weighted by molar-refractivity contribution is 7.80. The Balaban J connectivity index is 1.95. The third-order valence-corrected chi connectivity index (χ3v) is 3.26. The zero-order valence-corrected chi connectivity index (χ0v) is 11.0. The molecule has 86 valence electrons. The van der Waals surface area contributed by atoms with Gasteiger partial charge in [0.25, 0.3) is 0 Å². The van der Waals surface area contributed by atoms with Crippen LogP contribution in [0.25, 0.3) is 0 Å². The van der Waals surface area contributed by atoms with Gasteiger partial charge in [-0.2, -0.15) is 0 Å². The van der Waals surface area contributed by atoms with Gasteiger partial charge in [-0.3, -0.25) is 0 Å². The van der Waals surface area contributed by atoms with Crippen LogP contribution >= 0.6 is 12.2 Å². The molecule has 0 heterocycles. The van der Waals surface area contributed by atoms with Gasteiger partial charge in [0.05, 0.1) is 4.99 Å². The van der Waals surface area contributed by atoms with Crippen molar-refractivity contribution in [2.24, 2.45) is 5.92 Å². The summed E-state index contributed by atoms with van der Waals surface area (Å²) in [6.07, 6.45) is 1.20. The molecular weight excluding hydrogens is 214 g/mol. The predicted molar refractivity (Wildman–Crippen MR) is 72.8 cm³/mol. The molecule has 16 heavy (non-hydrogen) atoms. The predicted octanol–water partition coefficient (Wildman–Crippen LogP) is 3.51. The van der Waals surface area contributed by atoms with Crippen LogP contribution in [0.1, 0.15) is 38.7 Å². The fraction of sp³-hybridized carbons (Fsp3) is 0.500. The van der Waals surface area contributed by atoms with Crippen molar-refractivity contribution in [3.05, 3.63) is 35.9 Å².